The molecule has 5 rings (SSSR count). The van der Waals surface area contributed by atoms with Crippen LogP contribution in [0.2, 0.25) is 5.02 Å². The van der Waals surface area contributed by atoms with Gasteiger partial charge in [0.1, 0.15) is 24.2 Å². The normalized spacial score (nSPS) is 13.9. The summed E-state index contributed by atoms with van der Waals surface area (Å²) in [6, 6.07) is 26.1. The number of hydrogen-bond acceptors (Lipinski definition) is 5. The maximum Gasteiger partial charge on any atom is 0.264 e. The number of anilines is 1. The Morgan fingerprint density at radius 2 is 1.55 bits per heavy atom. The SMILES string of the molecule is COc1ccc(S(=O)(=O)N(CC(=O)N(Cc2ccccc2F)[C@@H](Cc2ccccc2)C(=O)NC2CCCC2)c2ccc(Cl)cc2)cc1. The first-order chi connectivity index (χ1) is 22.7. The number of rotatable bonds is 13. The third kappa shape index (κ3) is 8.50. The second-order valence-corrected chi connectivity index (χ2v) is 13.8. The molecule has 1 N–H and O–H groups in total. The molecular weight excluding hydrogens is 641 g/mol. The summed E-state index contributed by atoms with van der Waals surface area (Å²) in [5.41, 5.74) is 1.19. The maximum atomic E-state index is 15.1. The van der Waals surface area contributed by atoms with E-state index in [-0.39, 0.29) is 41.1 Å². The van der Waals surface area contributed by atoms with Gasteiger partial charge in [-0.1, -0.05) is 73.0 Å². The maximum absolute atomic E-state index is 15.1. The molecule has 0 heterocycles. The minimum Gasteiger partial charge on any atom is -0.497 e. The summed E-state index contributed by atoms with van der Waals surface area (Å²) in [6.07, 6.45) is 3.79. The Morgan fingerprint density at radius 1 is 0.915 bits per heavy atom. The van der Waals surface area contributed by atoms with Crippen molar-refractivity contribution >= 4 is 39.1 Å². The van der Waals surface area contributed by atoms with E-state index in [4.69, 9.17) is 16.3 Å². The van der Waals surface area contributed by atoms with Crippen LogP contribution < -0.4 is 14.4 Å². The lowest BCUT2D eigenvalue weighted by Gasteiger charge is -2.34. The van der Waals surface area contributed by atoms with Crippen LogP contribution in [0.1, 0.15) is 36.8 Å². The number of halogens is 2. The van der Waals surface area contributed by atoms with E-state index in [9.17, 15) is 18.0 Å². The molecule has 0 saturated heterocycles. The Labute approximate surface area is 280 Å². The highest BCUT2D eigenvalue weighted by molar-refractivity contribution is 7.92. The first-order valence-electron chi connectivity index (χ1n) is 15.5. The summed E-state index contributed by atoms with van der Waals surface area (Å²) in [4.78, 5) is 29.8. The largest absolute Gasteiger partial charge is 0.497 e. The van der Waals surface area contributed by atoms with Crippen LogP contribution in [0.25, 0.3) is 0 Å². The average molecular weight is 678 g/mol. The molecule has 8 nitrogen and oxygen atoms in total. The van der Waals surface area contributed by atoms with E-state index < -0.39 is 34.3 Å². The number of carbonyl (C=O) groups excluding carboxylic acids is 2. The van der Waals surface area contributed by atoms with Gasteiger partial charge in [-0.2, -0.15) is 0 Å². The van der Waals surface area contributed by atoms with E-state index in [2.05, 4.69) is 5.32 Å². The van der Waals surface area contributed by atoms with Gasteiger partial charge in [0, 0.05) is 29.6 Å². The van der Waals surface area contributed by atoms with Gasteiger partial charge in [-0.15, -0.1) is 0 Å². The average Bonchev–Trinajstić information content (AvgIpc) is 3.60. The molecule has 1 fully saturated rings. The number of amides is 2. The van der Waals surface area contributed by atoms with Crippen molar-refractivity contribution in [1.82, 2.24) is 10.2 Å². The van der Waals surface area contributed by atoms with Crippen LogP contribution in [-0.2, 0) is 32.6 Å². The summed E-state index contributed by atoms with van der Waals surface area (Å²) < 4.78 is 49.6. The smallest absolute Gasteiger partial charge is 0.264 e. The number of sulfonamides is 1. The van der Waals surface area contributed by atoms with Gasteiger partial charge in [0.05, 0.1) is 17.7 Å². The van der Waals surface area contributed by atoms with Crippen molar-refractivity contribution in [2.75, 3.05) is 18.0 Å². The Hall–Kier alpha value is -4.41. The minimum absolute atomic E-state index is 0.0350. The summed E-state index contributed by atoms with van der Waals surface area (Å²) >= 11 is 6.13. The zero-order valence-electron chi connectivity index (χ0n) is 26.0. The molecule has 1 saturated carbocycles. The number of hydrogen-bond donors (Lipinski definition) is 1. The Kier molecular flexibility index (Phi) is 11.2. The van der Waals surface area contributed by atoms with Crippen molar-refractivity contribution in [2.45, 2.75) is 55.6 Å². The third-order valence-corrected chi connectivity index (χ3v) is 10.4. The number of carbonyl (C=O) groups is 2. The Balaban J connectivity index is 1.56. The molecule has 4 aromatic carbocycles. The van der Waals surface area contributed by atoms with E-state index in [0.29, 0.717) is 10.8 Å². The molecule has 1 atom stereocenters. The lowest BCUT2D eigenvalue weighted by molar-refractivity contribution is -0.140. The fraction of sp³-hybridized carbons (Fsp3) is 0.278. The van der Waals surface area contributed by atoms with Crippen molar-refractivity contribution in [2.24, 2.45) is 0 Å². The standard InChI is InChI=1S/C36H37ClFN3O5S/c1-46-31-19-21-32(22-20-31)47(44,45)41(30-17-15-28(37)16-18-30)25-35(42)40(24-27-11-5-8-14-33(27)38)34(23-26-9-3-2-4-10-26)36(43)39-29-12-6-7-13-29/h2-5,8-11,14-22,29,34H,6-7,12-13,23-25H2,1H3,(H,39,43)/t34-/m0/s1. The van der Waals surface area contributed by atoms with E-state index in [1.54, 1.807) is 18.2 Å². The van der Waals surface area contributed by atoms with E-state index in [0.717, 1.165) is 35.6 Å². The van der Waals surface area contributed by atoms with Gasteiger partial charge >= 0.3 is 0 Å². The fourth-order valence-electron chi connectivity index (χ4n) is 5.74. The number of nitrogens with zero attached hydrogens (tertiary/aromatic N) is 2. The van der Waals surface area contributed by atoms with Gasteiger partial charge in [-0.25, -0.2) is 12.8 Å². The van der Waals surface area contributed by atoms with Crippen molar-refractivity contribution < 1.29 is 27.1 Å². The second-order valence-electron chi connectivity index (χ2n) is 11.5. The molecule has 246 valence electrons. The molecule has 1 aliphatic rings. The fourth-order valence-corrected chi connectivity index (χ4v) is 7.28. The van der Waals surface area contributed by atoms with Crippen molar-refractivity contribution in [1.29, 1.82) is 0 Å². The number of methoxy groups -OCH3 is 1. The summed E-state index contributed by atoms with van der Waals surface area (Å²) in [6.45, 7) is -0.912. The predicted molar refractivity (Wildman–Crippen MR) is 180 cm³/mol. The molecular formula is C36H37ClFN3O5S. The van der Waals surface area contributed by atoms with Crippen LogP contribution >= 0.6 is 11.6 Å². The van der Waals surface area contributed by atoms with Crippen molar-refractivity contribution in [3.05, 3.63) is 125 Å². The molecule has 47 heavy (non-hydrogen) atoms. The lowest BCUT2D eigenvalue weighted by Crippen LogP contribution is -2.54. The highest BCUT2D eigenvalue weighted by Gasteiger charge is 2.36. The summed E-state index contributed by atoms with van der Waals surface area (Å²) in [7, 11) is -2.84. The molecule has 11 heteroatoms. The molecule has 0 bridgehead atoms. The number of benzene rings is 4. The highest BCUT2D eigenvalue weighted by Crippen LogP contribution is 2.28. The van der Waals surface area contributed by atoms with Gasteiger partial charge in [0.25, 0.3) is 10.0 Å². The van der Waals surface area contributed by atoms with Crippen LogP contribution in [0, 0.1) is 5.82 Å². The predicted octanol–water partition coefficient (Wildman–Crippen LogP) is 6.38. The topological polar surface area (TPSA) is 96.0 Å². The van der Waals surface area contributed by atoms with Crippen LogP contribution in [0.15, 0.2) is 108 Å². The Morgan fingerprint density at radius 3 is 2.19 bits per heavy atom. The van der Waals surface area contributed by atoms with Crippen molar-refractivity contribution in [3.63, 3.8) is 0 Å². The summed E-state index contributed by atoms with van der Waals surface area (Å²) in [5.74, 6) is -1.13. The monoisotopic (exact) mass is 677 g/mol. The van der Waals surface area contributed by atoms with Crippen LogP contribution in [0.4, 0.5) is 10.1 Å². The third-order valence-electron chi connectivity index (χ3n) is 8.31. The van der Waals surface area contributed by atoms with E-state index >= 15 is 4.39 Å². The van der Waals surface area contributed by atoms with Gasteiger partial charge in [0.2, 0.25) is 11.8 Å². The highest BCUT2D eigenvalue weighted by atomic mass is 35.5. The molecule has 4 aromatic rings. The molecule has 2 amide bonds. The number of ether oxygens (including phenoxy) is 1. The van der Waals surface area contributed by atoms with Gasteiger partial charge in [-0.3, -0.25) is 13.9 Å². The first kappa shape index (κ1) is 33.9. The lowest BCUT2D eigenvalue weighted by atomic mass is 10.0. The summed E-state index contributed by atoms with van der Waals surface area (Å²) in [5, 5.41) is 3.49. The van der Waals surface area contributed by atoms with Gasteiger partial charge in [0.15, 0.2) is 0 Å². The molecule has 0 aliphatic heterocycles. The first-order valence-corrected chi connectivity index (χ1v) is 17.3. The molecule has 0 aromatic heterocycles. The quantitative estimate of drug-likeness (QED) is 0.177. The van der Waals surface area contributed by atoms with Crippen LogP contribution in [-0.4, -0.2) is 50.9 Å². The van der Waals surface area contributed by atoms with E-state index in [1.807, 2.05) is 30.3 Å². The molecule has 1 aliphatic carbocycles. The second kappa shape index (κ2) is 15.5. The minimum atomic E-state index is -4.31. The van der Waals surface area contributed by atoms with Crippen LogP contribution in [0.5, 0.6) is 5.75 Å². The molecule has 0 spiro atoms. The molecule has 0 unspecified atom stereocenters. The zero-order valence-corrected chi connectivity index (χ0v) is 27.6. The van der Waals surface area contributed by atoms with Crippen LogP contribution in [0.3, 0.4) is 0 Å². The van der Waals surface area contributed by atoms with Crippen molar-refractivity contribution in [3.8, 4) is 5.75 Å². The van der Waals surface area contributed by atoms with Gasteiger partial charge in [-0.05, 0) is 73.0 Å². The zero-order chi connectivity index (χ0) is 33.4. The Bertz CT molecular complexity index is 1770. The number of nitrogens with one attached hydrogen (secondary N) is 1. The van der Waals surface area contributed by atoms with Gasteiger partial charge < -0.3 is 15.0 Å². The molecule has 0 radical (unpaired) electrons. The van der Waals surface area contributed by atoms with E-state index in [1.165, 1.54) is 66.6 Å².